The maximum atomic E-state index is 13.1. The number of hydrogen-bond donors (Lipinski definition) is 3. The van der Waals surface area contributed by atoms with Crippen LogP contribution in [-0.4, -0.2) is 30.0 Å². The van der Waals surface area contributed by atoms with Crippen molar-refractivity contribution >= 4 is 17.9 Å². The molecule has 0 aromatic heterocycles. The van der Waals surface area contributed by atoms with E-state index in [1.165, 1.54) is 0 Å². The Labute approximate surface area is 199 Å². The zero-order valence-electron chi connectivity index (χ0n) is 18.9. The fraction of sp³-hybridized carbons (Fsp3) is 0.222. The summed E-state index contributed by atoms with van der Waals surface area (Å²) in [7, 11) is 0. The number of hydrogen-bond acceptors (Lipinski definition) is 4. The van der Waals surface area contributed by atoms with Crippen molar-refractivity contribution in [1.29, 1.82) is 0 Å². The molecule has 4 N–H and O–H groups in total. The summed E-state index contributed by atoms with van der Waals surface area (Å²) in [5.74, 6) is -1.13. The lowest BCUT2D eigenvalue weighted by Gasteiger charge is -2.22. The van der Waals surface area contributed by atoms with Gasteiger partial charge in [-0.25, -0.2) is 4.79 Å². The average molecular weight is 460 g/mol. The molecule has 7 heteroatoms. The van der Waals surface area contributed by atoms with Gasteiger partial charge in [-0.05, 0) is 29.5 Å². The first-order valence-electron chi connectivity index (χ1n) is 11.2. The number of amides is 3. The zero-order chi connectivity index (χ0) is 24.2. The third-order valence-corrected chi connectivity index (χ3v) is 5.33. The first-order chi connectivity index (χ1) is 16.5. The molecule has 0 radical (unpaired) electrons. The van der Waals surface area contributed by atoms with Gasteiger partial charge in [0.1, 0.15) is 18.7 Å². The van der Waals surface area contributed by atoms with Gasteiger partial charge in [0.25, 0.3) is 0 Å². The van der Waals surface area contributed by atoms with Crippen LogP contribution in [0.15, 0.2) is 91.0 Å². The lowest BCUT2D eigenvalue weighted by Crippen LogP contribution is -2.53. The Morgan fingerprint density at radius 2 is 1.24 bits per heavy atom. The molecule has 0 aliphatic heterocycles. The maximum Gasteiger partial charge on any atom is 0.408 e. The van der Waals surface area contributed by atoms with Crippen molar-refractivity contribution in [3.8, 4) is 0 Å². The molecule has 0 saturated heterocycles. The van der Waals surface area contributed by atoms with Crippen LogP contribution >= 0.6 is 0 Å². The molecule has 0 saturated carbocycles. The van der Waals surface area contributed by atoms with Crippen LogP contribution in [0.2, 0.25) is 0 Å². The van der Waals surface area contributed by atoms with Crippen LogP contribution in [-0.2, 0) is 33.8 Å². The number of nitrogens with two attached hydrogens (primary N) is 1. The van der Waals surface area contributed by atoms with Crippen LogP contribution in [0.5, 0.6) is 0 Å². The Morgan fingerprint density at radius 1 is 0.706 bits per heavy atom. The fourth-order valence-electron chi connectivity index (χ4n) is 3.48. The van der Waals surface area contributed by atoms with Crippen molar-refractivity contribution in [3.05, 3.63) is 108 Å². The molecule has 0 heterocycles. The summed E-state index contributed by atoms with van der Waals surface area (Å²) in [6.45, 7) is 0.0767. The number of ether oxygens (including phenoxy) is 1. The molecule has 34 heavy (non-hydrogen) atoms. The van der Waals surface area contributed by atoms with E-state index in [0.717, 1.165) is 16.7 Å². The van der Waals surface area contributed by atoms with Crippen molar-refractivity contribution in [1.82, 2.24) is 10.6 Å². The fourth-order valence-corrected chi connectivity index (χ4v) is 3.48. The summed E-state index contributed by atoms with van der Waals surface area (Å²) in [5.41, 5.74) is 8.27. The lowest BCUT2D eigenvalue weighted by atomic mass is 10.0. The van der Waals surface area contributed by atoms with Gasteiger partial charge in [0.05, 0.1) is 0 Å². The molecular formula is C27H29N3O4. The second-order valence-corrected chi connectivity index (χ2v) is 7.94. The Bertz CT molecular complexity index is 1060. The molecule has 2 atom stereocenters. The number of nitrogens with one attached hydrogen (secondary N) is 2. The van der Waals surface area contributed by atoms with Crippen LogP contribution in [0.1, 0.15) is 23.1 Å². The Balaban J connectivity index is 1.64. The van der Waals surface area contributed by atoms with Crippen molar-refractivity contribution in [2.45, 2.75) is 38.0 Å². The number of aryl methyl sites for hydroxylation is 1. The van der Waals surface area contributed by atoms with Crippen LogP contribution in [0.25, 0.3) is 0 Å². The minimum Gasteiger partial charge on any atom is -0.445 e. The molecule has 0 unspecified atom stereocenters. The van der Waals surface area contributed by atoms with Gasteiger partial charge >= 0.3 is 6.09 Å². The predicted octanol–water partition coefficient (Wildman–Crippen LogP) is 3.13. The van der Waals surface area contributed by atoms with Gasteiger partial charge in [-0.3, -0.25) is 9.59 Å². The zero-order valence-corrected chi connectivity index (χ0v) is 18.9. The van der Waals surface area contributed by atoms with Gasteiger partial charge in [0.2, 0.25) is 11.8 Å². The number of alkyl carbamates (subject to hydrolysis) is 1. The molecule has 0 aliphatic rings. The van der Waals surface area contributed by atoms with Crippen LogP contribution < -0.4 is 16.4 Å². The SMILES string of the molecule is NC(=O)[C@H](CCc1ccccc1)NC(=O)[C@@H](Cc1ccccc1)NC(=O)OCc1ccccc1. The second-order valence-electron chi connectivity index (χ2n) is 7.94. The maximum absolute atomic E-state index is 13.1. The van der Waals surface area contributed by atoms with E-state index in [0.29, 0.717) is 12.8 Å². The molecule has 0 aliphatic carbocycles. The normalized spacial score (nSPS) is 12.2. The molecule has 3 amide bonds. The van der Waals surface area contributed by atoms with E-state index in [1.54, 1.807) is 0 Å². The third-order valence-electron chi connectivity index (χ3n) is 5.33. The van der Waals surface area contributed by atoms with Gasteiger partial charge in [0.15, 0.2) is 0 Å². The van der Waals surface area contributed by atoms with E-state index in [4.69, 9.17) is 10.5 Å². The van der Waals surface area contributed by atoms with Gasteiger partial charge in [-0.15, -0.1) is 0 Å². The largest absolute Gasteiger partial charge is 0.445 e. The molecule has 176 valence electrons. The second kappa shape index (κ2) is 12.8. The monoisotopic (exact) mass is 459 g/mol. The minimum atomic E-state index is -0.941. The highest BCUT2D eigenvalue weighted by Gasteiger charge is 2.26. The summed E-state index contributed by atoms with van der Waals surface area (Å²) in [6, 6.07) is 26.4. The standard InChI is InChI=1S/C27H29N3O4/c28-25(31)23(17-16-20-10-4-1-5-11-20)29-26(32)24(18-21-12-6-2-7-13-21)30-27(33)34-19-22-14-8-3-9-15-22/h1-15,23-24H,16-19H2,(H2,28,31)(H,29,32)(H,30,33)/t23-,24+/m0/s1. The summed E-state index contributed by atoms with van der Waals surface area (Å²) in [6.07, 6.45) is 0.434. The molecule has 3 aromatic rings. The minimum absolute atomic E-state index is 0.0767. The number of benzene rings is 3. The highest BCUT2D eigenvalue weighted by molar-refractivity contribution is 5.90. The lowest BCUT2D eigenvalue weighted by molar-refractivity contribution is -0.128. The van der Waals surface area contributed by atoms with E-state index >= 15 is 0 Å². The average Bonchev–Trinajstić information content (AvgIpc) is 2.86. The number of rotatable bonds is 11. The van der Waals surface area contributed by atoms with Gasteiger partial charge in [-0.2, -0.15) is 0 Å². The molecular weight excluding hydrogens is 430 g/mol. The first-order valence-corrected chi connectivity index (χ1v) is 11.2. The highest BCUT2D eigenvalue weighted by atomic mass is 16.5. The van der Waals surface area contributed by atoms with E-state index in [-0.39, 0.29) is 13.0 Å². The van der Waals surface area contributed by atoms with Gasteiger partial charge in [-0.1, -0.05) is 91.0 Å². The first kappa shape index (κ1) is 24.5. The Kier molecular flexibility index (Phi) is 9.22. The smallest absolute Gasteiger partial charge is 0.408 e. The summed E-state index contributed by atoms with van der Waals surface area (Å²) >= 11 is 0. The van der Waals surface area contributed by atoms with Gasteiger partial charge < -0.3 is 21.1 Å². The van der Waals surface area contributed by atoms with Crippen molar-refractivity contribution < 1.29 is 19.1 Å². The third kappa shape index (κ3) is 8.09. The van der Waals surface area contributed by atoms with Crippen LogP contribution in [0, 0.1) is 0 Å². The Hall–Kier alpha value is -4.13. The molecule has 0 bridgehead atoms. The van der Waals surface area contributed by atoms with E-state index in [2.05, 4.69) is 10.6 Å². The topological polar surface area (TPSA) is 111 Å². The molecule has 0 spiro atoms. The molecule has 7 nitrogen and oxygen atoms in total. The van der Waals surface area contributed by atoms with E-state index in [9.17, 15) is 14.4 Å². The summed E-state index contributed by atoms with van der Waals surface area (Å²) < 4.78 is 5.28. The highest BCUT2D eigenvalue weighted by Crippen LogP contribution is 2.08. The Morgan fingerprint density at radius 3 is 1.79 bits per heavy atom. The number of carbonyl (C=O) groups excluding carboxylic acids is 3. The van der Waals surface area contributed by atoms with Crippen molar-refractivity contribution in [2.24, 2.45) is 5.73 Å². The van der Waals surface area contributed by atoms with Crippen molar-refractivity contribution in [3.63, 3.8) is 0 Å². The van der Waals surface area contributed by atoms with E-state index < -0.39 is 30.0 Å². The molecule has 3 aromatic carbocycles. The van der Waals surface area contributed by atoms with Crippen LogP contribution in [0.3, 0.4) is 0 Å². The van der Waals surface area contributed by atoms with E-state index in [1.807, 2.05) is 91.0 Å². The summed E-state index contributed by atoms with van der Waals surface area (Å²) in [5, 5.41) is 5.33. The summed E-state index contributed by atoms with van der Waals surface area (Å²) in [4.78, 5) is 37.6. The van der Waals surface area contributed by atoms with Crippen molar-refractivity contribution in [2.75, 3.05) is 0 Å². The molecule has 0 fully saturated rings. The number of carbonyl (C=O) groups is 3. The number of primary amides is 1. The quantitative estimate of drug-likeness (QED) is 0.409. The van der Waals surface area contributed by atoms with Crippen LogP contribution in [0.4, 0.5) is 4.79 Å². The van der Waals surface area contributed by atoms with Gasteiger partial charge in [0, 0.05) is 6.42 Å². The molecule has 3 rings (SSSR count). The predicted molar refractivity (Wildman–Crippen MR) is 130 cm³/mol.